The van der Waals surface area contributed by atoms with Gasteiger partial charge in [-0.2, -0.15) is 5.10 Å². The summed E-state index contributed by atoms with van der Waals surface area (Å²) in [6.45, 7) is 1.45. The Morgan fingerprint density at radius 1 is 1.59 bits per heavy atom. The molecule has 0 saturated heterocycles. The molecule has 2 N–H and O–H groups in total. The van der Waals surface area contributed by atoms with E-state index >= 15 is 0 Å². The molecule has 1 atom stereocenters. The highest BCUT2D eigenvalue weighted by Gasteiger charge is 2.07. The standard InChI is InChI=1S/C12H17N3OS/c1-15-9-10(7-14-15)4-5-13-8-11(16)12-3-2-6-17-12/h2-3,6-7,9,11,13,16H,4-5,8H2,1H3. The molecular weight excluding hydrogens is 234 g/mol. The Bertz CT molecular complexity index is 438. The molecule has 0 fully saturated rings. The number of aromatic nitrogens is 2. The maximum atomic E-state index is 9.84. The van der Waals surface area contributed by atoms with Crippen molar-refractivity contribution in [3.63, 3.8) is 0 Å². The molecule has 5 heteroatoms. The predicted octanol–water partition coefficient (Wildman–Crippen LogP) is 1.35. The number of hydrogen-bond donors (Lipinski definition) is 2. The number of aliphatic hydroxyl groups excluding tert-OH is 1. The van der Waals surface area contributed by atoms with E-state index < -0.39 is 6.10 Å². The molecule has 0 spiro atoms. The molecule has 92 valence electrons. The maximum absolute atomic E-state index is 9.84. The Hall–Kier alpha value is -1.17. The van der Waals surface area contributed by atoms with E-state index in [1.54, 1.807) is 16.0 Å². The molecule has 1 unspecified atom stereocenters. The van der Waals surface area contributed by atoms with E-state index in [0.717, 1.165) is 17.8 Å². The van der Waals surface area contributed by atoms with E-state index in [1.807, 2.05) is 37.0 Å². The van der Waals surface area contributed by atoms with E-state index in [1.165, 1.54) is 5.56 Å². The van der Waals surface area contributed by atoms with Gasteiger partial charge in [-0.25, -0.2) is 0 Å². The normalized spacial score (nSPS) is 12.8. The second kappa shape index (κ2) is 5.95. The molecule has 0 aliphatic heterocycles. The fraction of sp³-hybridized carbons (Fsp3) is 0.417. The zero-order valence-electron chi connectivity index (χ0n) is 9.84. The van der Waals surface area contributed by atoms with Gasteiger partial charge in [0.15, 0.2) is 0 Å². The Kier molecular flexibility index (Phi) is 4.30. The van der Waals surface area contributed by atoms with Crippen LogP contribution in [-0.2, 0) is 13.5 Å². The van der Waals surface area contributed by atoms with Gasteiger partial charge in [-0.15, -0.1) is 11.3 Å². The van der Waals surface area contributed by atoms with E-state index in [9.17, 15) is 5.11 Å². The van der Waals surface area contributed by atoms with Crippen LogP contribution in [0.4, 0.5) is 0 Å². The summed E-state index contributed by atoms with van der Waals surface area (Å²) >= 11 is 1.59. The fourth-order valence-electron chi connectivity index (χ4n) is 1.65. The molecule has 0 aliphatic rings. The van der Waals surface area contributed by atoms with Crippen molar-refractivity contribution in [2.75, 3.05) is 13.1 Å². The highest BCUT2D eigenvalue weighted by molar-refractivity contribution is 7.10. The number of nitrogens with zero attached hydrogens (tertiary/aromatic N) is 2. The Morgan fingerprint density at radius 3 is 3.12 bits per heavy atom. The van der Waals surface area contributed by atoms with Gasteiger partial charge < -0.3 is 10.4 Å². The van der Waals surface area contributed by atoms with Crippen molar-refractivity contribution in [2.45, 2.75) is 12.5 Å². The smallest absolute Gasteiger partial charge is 0.101 e. The molecule has 2 aromatic heterocycles. The van der Waals surface area contributed by atoms with Crippen molar-refractivity contribution >= 4 is 11.3 Å². The molecule has 2 rings (SSSR count). The first-order valence-corrected chi connectivity index (χ1v) is 6.53. The minimum absolute atomic E-state index is 0.399. The van der Waals surface area contributed by atoms with Crippen LogP contribution in [0.2, 0.25) is 0 Å². The number of aryl methyl sites for hydroxylation is 1. The summed E-state index contributed by atoms with van der Waals surface area (Å²) in [4.78, 5) is 1.01. The summed E-state index contributed by atoms with van der Waals surface area (Å²) in [6, 6.07) is 3.91. The molecule has 4 nitrogen and oxygen atoms in total. The van der Waals surface area contributed by atoms with Crippen molar-refractivity contribution < 1.29 is 5.11 Å². The monoisotopic (exact) mass is 251 g/mol. The number of thiophene rings is 1. The second-order valence-corrected chi connectivity index (χ2v) is 4.99. The number of rotatable bonds is 6. The Balaban J connectivity index is 1.66. The second-order valence-electron chi connectivity index (χ2n) is 4.01. The summed E-state index contributed by atoms with van der Waals surface area (Å²) in [7, 11) is 1.91. The van der Waals surface area contributed by atoms with Crippen LogP contribution in [0.5, 0.6) is 0 Å². The Morgan fingerprint density at radius 2 is 2.47 bits per heavy atom. The first kappa shape index (κ1) is 12.3. The quantitative estimate of drug-likeness (QED) is 0.762. The van der Waals surface area contributed by atoms with E-state index in [-0.39, 0.29) is 0 Å². The van der Waals surface area contributed by atoms with Crippen molar-refractivity contribution in [3.8, 4) is 0 Å². The summed E-state index contributed by atoms with van der Waals surface area (Å²) in [5.74, 6) is 0. The third-order valence-electron chi connectivity index (χ3n) is 2.56. The molecule has 0 bridgehead atoms. The number of nitrogens with one attached hydrogen (secondary N) is 1. The van der Waals surface area contributed by atoms with Crippen LogP contribution in [0.1, 0.15) is 16.5 Å². The van der Waals surface area contributed by atoms with Crippen molar-refractivity contribution in [1.29, 1.82) is 0 Å². The molecule has 0 radical (unpaired) electrons. The number of hydrogen-bond acceptors (Lipinski definition) is 4. The minimum Gasteiger partial charge on any atom is -0.386 e. The van der Waals surface area contributed by atoms with Crippen LogP contribution in [0, 0.1) is 0 Å². The lowest BCUT2D eigenvalue weighted by atomic mass is 10.2. The van der Waals surface area contributed by atoms with Gasteiger partial charge in [0.25, 0.3) is 0 Å². The lowest BCUT2D eigenvalue weighted by Gasteiger charge is -2.09. The minimum atomic E-state index is -0.399. The predicted molar refractivity (Wildman–Crippen MR) is 69.1 cm³/mol. The fourth-order valence-corrected chi connectivity index (χ4v) is 2.37. The van der Waals surface area contributed by atoms with Crippen LogP contribution < -0.4 is 5.32 Å². The van der Waals surface area contributed by atoms with Gasteiger partial charge in [0.05, 0.1) is 6.20 Å². The van der Waals surface area contributed by atoms with Gasteiger partial charge >= 0.3 is 0 Å². The SMILES string of the molecule is Cn1cc(CCNCC(O)c2cccs2)cn1. The van der Waals surface area contributed by atoms with E-state index in [2.05, 4.69) is 10.4 Å². The average molecular weight is 251 g/mol. The summed E-state index contributed by atoms with van der Waals surface area (Å²) in [5, 5.41) is 19.2. The lowest BCUT2D eigenvalue weighted by molar-refractivity contribution is 0.179. The van der Waals surface area contributed by atoms with Crippen molar-refractivity contribution in [2.24, 2.45) is 7.05 Å². The molecule has 0 saturated carbocycles. The summed E-state index contributed by atoms with van der Waals surface area (Å²) in [6.07, 6.45) is 4.42. The molecule has 0 aromatic carbocycles. The zero-order chi connectivity index (χ0) is 12.1. The van der Waals surface area contributed by atoms with Crippen LogP contribution in [-0.4, -0.2) is 28.0 Å². The van der Waals surface area contributed by atoms with Gasteiger partial charge in [-0.3, -0.25) is 4.68 Å². The van der Waals surface area contributed by atoms with Gasteiger partial charge in [-0.05, 0) is 30.0 Å². The average Bonchev–Trinajstić information content (AvgIpc) is 2.95. The van der Waals surface area contributed by atoms with Crippen molar-refractivity contribution in [3.05, 3.63) is 40.3 Å². The van der Waals surface area contributed by atoms with Gasteiger partial charge in [-0.1, -0.05) is 6.07 Å². The highest BCUT2D eigenvalue weighted by Crippen LogP contribution is 2.17. The topological polar surface area (TPSA) is 50.1 Å². The van der Waals surface area contributed by atoms with Crippen LogP contribution in [0.25, 0.3) is 0 Å². The van der Waals surface area contributed by atoms with E-state index in [0.29, 0.717) is 6.54 Å². The third-order valence-corrected chi connectivity index (χ3v) is 3.53. The zero-order valence-corrected chi connectivity index (χ0v) is 10.7. The molecule has 0 amide bonds. The van der Waals surface area contributed by atoms with Gasteiger partial charge in [0.1, 0.15) is 6.10 Å². The maximum Gasteiger partial charge on any atom is 0.101 e. The first-order valence-electron chi connectivity index (χ1n) is 5.65. The molecule has 0 aliphatic carbocycles. The summed E-state index contributed by atoms with van der Waals surface area (Å²) in [5.41, 5.74) is 1.21. The molecular formula is C12H17N3OS. The molecule has 2 heterocycles. The number of aliphatic hydroxyl groups is 1. The first-order chi connectivity index (χ1) is 8.25. The molecule has 17 heavy (non-hydrogen) atoms. The highest BCUT2D eigenvalue weighted by atomic mass is 32.1. The lowest BCUT2D eigenvalue weighted by Crippen LogP contribution is -2.23. The molecule has 2 aromatic rings. The van der Waals surface area contributed by atoms with Gasteiger partial charge in [0, 0.05) is 24.7 Å². The van der Waals surface area contributed by atoms with E-state index in [4.69, 9.17) is 0 Å². The summed E-state index contributed by atoms with van der Waals surface area (Å²) < 4.78 is 1.80. The third kappa shape index (κ3) is 3.66. The van der Waals surface area contributed by atoms with Crippen molar-refractivity contribution in [1.82, 2.24) is 15.1 Å². The van der Waals surface area contributed by atoms with Crippen LogP contribution >= 0.6 is 11.3 Å². The van der Waals surface area contributed by atoms with Crippen LogP contribution in [0.15, 0.2) is 29.9 Å². The Labute approximate surface area is 105 Å². The largest absolute Gasteiger partial charge is 0.386 e. The van der Waals surface area contributed by atoms with Gasteiger partial charge in [0.2, 0.25) is 0 Å². The van der Waals surface area contributed by atoms with Crippen LogP contribution in [0.3, 0.4) is 0 Å².